The number of benzene rings is 4. The lowest BCUT2D eigenvalue weighted by Gasteiger charge is -2.13. The summed E-state index contributed by atoms with van der Waals surface area (Å²) in [6.07, 6.45) is 0.704. The summed E-state index contributed by atoms with van der Waals surface area (Å²) < 4.78 is 11.1. The van der Waals surface area contributed by atoms with Gasteiger partial charge in [0, 0.05) is 5.02 Å². The van der Waals surface area contributed by atoms with Crippen molar-refractivity contribution < 1.29 is 19.1 Å². The normalized spacial score (nSPS) is 11.6. The van der Waals surface area contributed by atoms with Crippen LogP contribution in [0, 0.1) is 0 Å². The van der Waals surface area contributed by atoms with Crippen molar-refractivity contribution in [2.75, 3.05) is 0 Å². The van der Waals surface area contributed by atoms with Crippen molar-refractivity contribution in [1.82, 2.24) is 5.43 Å². The summed E-state index contributed by atoms with van der Waals surface area (Å²) in [6, 6.07) is 30.7. The van der Waals surface area contributed by atoms with Gasteiger partial charge in [-0.1, -0.05) is 66.2 Å². The Morgan fingerprint density at radius 3 is 2.25 bits per heavy atom. The van der Waals surface area contributed by atoms with E-state index in [9.17, 15) is 9.59 Å². The molecule has 0 radical (unpaired) electrons. The fraction of sp³-hybridized carbons (Fsp3) is 0.0690. The highest BCUT2D eigenvalue weighted by atomic mass is 35.5. The minimum atomic E-state index is -0.753. The Labute approximate surface area is 214 Å². The summed E-state index contributed by atoms with van der Waals surface area (Å²) in [5.74, 6) is 0.0259. The van der Waals surface area contributed by atoms with Gasteiger partial charge in [-0.15, -0.1) is 0 Å². The summed E-state index contributed by atoms with van der Waals surface area (Å²) >= 11 is 5.85. The van der Waals surface area contributed by atoms with Crippen LogP contribution in [0.1, 0.15) is 22.8 Å². The lowest BCUT2D eigenvalue weighted by Crippen LogP contribution is -2.33. The zero-order chi connectivity index (χ0) is 25.3. The Morgan fingerprint density at radius 2 is 1.53 bits per heavy atom. The van der Waals surface area contributed by atoms with Crippen molar-refractivity contribution in [3.8, 4) is 22.6 Å². The van der Waals surface area contributed by atoms with E-state index in [1.807, 2.05) is 54.6 Å². The largest absolute Gasteiger partial charge is 0.481 e. The molecule has 0 aromatic heterocycles. The van der Waals surface area contributed by atoms with Gasteiger partial charge in [-0.05, 0) is 72.1 Å². The first-order valence-corrected chi connectivity index (χ1v) is 11.6. The van der Waals surface area contributed by atoms with Gasteiger partial charge in [-0.25, -0.2) is 10.2 Å². The van der Waals surface area contributed by atoms with Crippen LogP contribution >= 0.6 is 11.6 Å². The zero-order valence-electron chi connectivity index (χ0n) is 19.4. The van der Waals surface area contributed by atoms with E-state index in [-0.39, 0.29) is 0 Å². The summed E-state index contributed by atoms with van der Waals surface area (Å²) in [7, 11) is 0. The number of carbonyl (C=O) groups is 2. The summed E-state index contributed by atoms with van der Waals surface area (Å²) in [4.78, 5) is 24.7. The molecule has 1 atom stereocenters. The van der Waals surface area contributed by atoms with Crippen molar-refractivity contribution in [3.05, 3.63) is 119 Å². The number of nitrogens with zero attached hydrogens (tertiary/aromatic N) is 1. The monoisotopic (exact) mass is 498 g/mol. The molecule has 36 heavy (non-hydrogen) atoms. The molecule has 0 saturated carbocycles. The van der Waals surface area contributed by atoms with E-state index in [0.29, 0.717) is 27.6 Å². The molecule has 0 aliphatic carbocycles. The highest BCUT2D eigenvalue weighted by molar-refractivity contribution is 6.30. The molecular weight excluding hydrogens is 476 g/mol. The minimum absolute atomic E-state index is 0.348. The van der Waals surface area contributed by atoms with Gasteiger partial charge in [-0.3, -0.25) is 4.79 Å². The minimum Gasteiger partial charge on any atom is -0.481 e. The first kappa shape index (κ1) is 24.7. The average Bonchev–Trinajstić information content (AvgIpc) is 2.90. The van der Waals surface area contributed by atoms with Crippen molar-refractivity contribution in [1.29, 1.82) is 0 Å². The number of hydrogen-bond donors (Lipinski definition) is 1. The third kappa shape index (κ3) is 6.81. The molecule has 7 heteroatoms. The van der Waals surface area contributed by atoms with Crippen molar-refractivity contribution >= 4 is 29.7 Å². The number of rotatable bonds is 8. The van der Waals surface area contributed by atoms with Gasteiger partial charge in [-0.2, -0.15) is 5.10 Å². The Morgan fingerprint density at radius 1 is 0.833 bits per heavy atom. The smallest absolute Gasteiger partial charge is 0.343 e. The highest BCUT2D eigenvalue weighted by Gasteiger charge is 2.14. The first-order valence-electron chi connectivity index (χ1n) is 11.2. The number of nitrogens with one attached hydrogen (secondary N) is 1. The van der Waals surface area contributed by atoms with E-state index in [4.69, 9.17) is 21.1 Å². The van der Waals surface area contributed by atoms with Gasteiger partial charge >= 0.3 is 5.97 Å². The fourth-order valence-electron chi connectivity index (χ4n) is 3.29. The SMILES string of the molecule is C[C@@H](Oc1ccc(-c2ccccc2)cc1)C(=O)N/N=C\c1cccc(OC(=O)c2ccc(Cl)cc2)c1. The topological polar surface area (TPSA) is 77.0 Å². The molecular formula is C29H23ClN2O4. The molecule has 0 aliphatic rings. The van der Waals surface area contributed by atoms with Gasteiger partial charge in [0.15, 0.2) is 6.10 Å². The van der Waals surface area contributed by atoms with E-state index < -0.39 is 18.0 Å². The Balaban J connectivity index is 1.29. The Bertz CT molecular complexity index is 1350. The average molecular weight is 499 g/mol. The third-order valence-electron chi connectivity index (χ3n) is 5.18. The molecule has 0 bridgehead atoms. The summed E-state index contributed by atoms with van der Waals surface area (Å²) in [5, 5.41) is 4.52. The standard InChI is InChI=1S/C29H23ClN2O4/c1-20(35-26-16-12-23(13-17-26)22-7-3-2-4-8-22)28(33)32-31-19-21-6-5-9-27(18-21)36-29(34)24-10-14-25(30)15-11-24/h2-20H,1H3,(H,32,33)/b31-19-/t20-/m1/s1. The van der Waals surface area contributed by atoms with E-state index >= 15 is 0 Å². The molecule has 0 aliphatic heterocycles. The quantitative estimate of drug-likeness (QED) is 0.137. The van der Waals surface area contributed by atoms with Gasteiger partial charge in [0.05, 0.1) is 11.8 Å². The molecule has 4 aromatic carbocycles. The lowest BCUT2D eigenvalue weighted by molar-refractivity contribution is -0.127. The number of carbonyl (C=O) groups excluding carboxylic acids is 2. The Kier molecular flexibility index (Phi) is 8.11. The maximum Gasteiger partial charge on any atom is 0.343 e. The van der Waals surface area contributed by atoms with Crippen molar-refractivity contribution in [2.24, 2.45) is 5.10 Å². The van der Waals surface area contributed by atoms with Crippen molar-refractivity contribution in [3.63, 3.8) is 0 Å². The van der Waals surface area contributed by atoms with Crippen LogP contribution in [0.5, 0.6) is 11.5 Å². The fourth-order valence-corrected chi connectivity index (χ4v) is 3.41. The van der Waals surface area contributed by atoms with Gasteiger partial charge < -0.3 is 9.47 Å². The summed E-state index contributed by atoms with van der Waals surface area (Å²) in [5.41, 5.74) is 5.65. The zero-order valence-corrected chi connectivity index (χ0v) is 20.2. The summed E-state index contributed by atoms with van der Waals surface area (Å²) in [6.45, 7) is 1.65. The molecule has 6 nitrogen and oxygen atoms in total. The first-order chi connectivity index (χ1) is 17.5. The molecule has 0 fully saturated rings. The number of hydrogen-bond acceptors (Lipinski definition) is 5. The van der Waals surface area contributed by atoms with Crippen LogP contribution in [0.4, 0.5) is 0 Å². The molecule has 4 aromatic rings. The molecule has 1 N–H and O–H groups in total. The predicted molar refractivity (Wildman–Crippen MR) is 141 cm³/mol. The molecule has 0 unspecified atom stereocenters. The number of hydrazone groups is 1. The van der Waals surface area contributed by atoms with Gasteiger partial charge in [0.25, 0.3) is 5.91 Å². The number of ether oxygens (including phenoxy) is 2. The van der Waals surface area contributed by atoms with E-state index in [0.717, 1.165) is 11.1 Å². The number of esters is 1. The second-order valence-electron chi connectivity index (χ2n) is 7.85. The maximum atomic E-state index is 12.4. The third-order valence-corrected chi connectivity index (χ3v) is 5.43. The molecule has 4 rings (SSSR count). The predicted octanol–water partition coefficient (Wildman–Crippen LogP) is 6.14. The Hall–Kier alpha value is -4.42. The lowest BCUT2D eigenvalue weighted by atomic mass is 10.1. The molecule has 0 spiro atoms. The van der Waals surface area contributed by atoms with Crippen LogP contribution in [0.2, 0.25) is 5.02 Å². The second-order valence-corrected chi connectivity index (χ2v) is 8.29. The highest BCUT2D eigenvalue weighted by Crippen LogP contribution is 2.22. The molecule has 0 heterocycles. The van der Waals surface area contributed by atoms with Gasteiger partial charge in [0.2, 0.25) is 0 Å². The van der Waals surface area contributed by atoms with Crippen LogP contribution in [0.3, 0.4) is 0 Å². The second kappa shape index (κ2) is 11.8. The molecule has 1 amide bonds. The van der Waals surface area contributed by atoms with Crippen LogP contribution in [-0.2, 0) is 4.79 Å². The van der Waals surface area contributed by atoms with Crippen LogP contribution in [-0.4, -0.2) is 24.2 Å². The van der Waals surface area contributed by atoms with Crippen LogP contribution in [0.15, 0.2) is 108 Å². The van der Waals surface area contributed by atoms with Crippen molar-refractivity contribution in [2.45, 2.75) is 13.0 Å². The van der Waals surface area contributed by atoms with E-state index in [1.54, 1.807) is 55.5 Å². The molecule has 180 valence electrons. The van der Waals surface area contributed by atoms with Crippen LogP contribution < -0.4 is 14.9 Å². The van der Waals surface area contributed by atoms with Crippen LogP contribution in [0.25, 0.3) is 11.1 Å². The number of halogens is 1. The maximum absolute atomic E-state index is 12.4. The van der Waals surface area contributed by atoms with E-state index in [2.05, 4.69) is 10.5 Å². The molecule has 0 saturated heterocycles. The number of amides is 1. The van der Waals surface area contributed by atoms with E-state index in [1.165, 1.54) is 6.21 Å². The van der Waals surface area contributed by atoms with Gasteiger partial charge in [0.1, 0.15) is 11.5 Å².